The molecule has 0 unspecified atom stereocenters. The van der Waals surface area contributed by atoms with E-state index in [4.69, 9.17) is 0 Å². The highest BCUT2D eigenvalue weighted by Crippen LogP contribution is 2.21. The minimum Gasteiger partial charge on any atom is -0.508 e. The number of benzene rings is 2. The zero-order valence-electron chi connectivity index (χ0n) is 14.1. The average Bonchev–Trinajstić information content (AvgIpc) is 2.63. The van der Waals surface area contributed by atoms with Gasteiger partial charge < -0.3 is 20.4 Å². The van der Waals surface area contributed by atoms with Crippen LogP contribution in [0.1, 0.15) is 10.4 Å². The van der Waals surface area contributed by atoms with E-state index in [1.807, 2.05) is 6.07 Å². The van der Waals surface area contributed by atoms with Crippen molar-refractivity contribution < 1.29 is 15.0 Å². The van der Waals surface area contributed by atoms with Crippen LogP contribution in [0.25, 0.3) is 0 Å². The summed E-state index contributed by atoms with van der Waals surface area (Å²) >= 11 is 0. The summed E-state index contributed by atoms with van der Waals surface area (Å²) in [6.07, 6.45) is 0. The standard InChI is InChI=1S/C19H23N3O3/c23-16-6-7-17(19(24)25)18(14-16)20-8-9-21-10-12-22(13-11-21)15-4-2-1-3-5-15/h1-7,14,20,23H,8-13H2,(H,24,25). The minimum absolute atomic E-state index is 0.0592. The Kier molecular flexibility index (Phi) is 5.40. The maximum Gasteiger partial charge on any atom is 0.337 e. The summed E-state index contributed by atoms with van der Waals surface area (Å²) in [7, 11) is 0. The molecule has 0 aromatic heterocycles. The van der Waals surface area contributed by atoms with Gasteiger partial charge in [-0.25, -0.2) is 4.79 Å². The Balaban J connectivity index is 1.48. The highest BCUT2D eigenvalue weighted by molar-refractivity contribution is 5.94. The lowest BCUT2D eigenvalue weighted by molar-refractivity contribution is 0.0698. The van der Waals surface area contributed by atoms with Crippen LogP contribution in [0.3, 0.4) is 0 Å². The Morgan fingerprint density at radius 1 is 1.04 bits per heavy atom. The molecule has 25 heavy (non-hydrogen) atoms. The van der Waals surface area contributed by atoms with Gasteiger partial charge in [-0.15, -0.1) is 0 Å². The van der Waals surface area contributed by atoms with E-state index in [-0.39, 0.29) is 11.3 Å². The number of carboxylic acids is 1. The SMILES string of the molecule is O=C(O)c1ccc(O)cc1NCCN1CCN(c2ccccc2)CC1. The second-order valence-corrected chi connectivity index (χ2v) is 6.13. The third-order valence-electron chi connectivity index (χ3n) is 4.47. The van der Waals surface area contributed by atoms with Crippen molar-refractivity contribution in [3.63, 3.8) is 0 Å². The molecule has 0 saturated carbocycles. The number of rotatable bonds is 6. The van der Waals surface area contributed by atoms with Gasteiger partial charge in [0.25, 0.3) is 0 Å². The van der Waals surface area contributed by atoms with E-state index < -0.39 is 5.97 Å². The normalized spacial score (nSPS) is 15.1. The molecule has 0 bridgehead atoms. The zero-order chi connectivity index (χ0) is 17.6. The second-order valence-electron chi connectivity index (χ2n) is 6.13. The summed E-state index contributed by atoms with van der Waals surface area (Å²) in [5.74, 6) is -0.942. The van der Waals surface area contributed by atoms with E-state index in [0.717, 1.165) is 32.7 Å². The lowest BCUT2D eigenvalue weighted by Crippen LogP contribution is -2.47. The average molecular weight is 341 g/mol. The van der Waals surface area contributed by atoms with Crippen LogP contribution in [-0.2, 0) is 0 Å². The maximum atomic E-state index is 11.2. The van der Waals surface area contributed by atoms with Gasteiger partial charge in [-0.2, -0.15) is 0 Å². The summed E-state index contributed by atoms with van der Waals surface area (Å²) in [6, 6.07) is 14.7. The van der Waals surface area contributed by atoms with Crippen molar-refractivity contribution in [3.8, 4) is 5.75 Å². The van der Waals surface area contributed by atoms with Gasteiger partial charge in [0.15, 0.2) is 0 Å². The molecule has 2 aromatic carbocycles. The molecule has 2 aromatic rings. The first-order valence-electron chi connectivity index (χ1n) is 8.46. The molecule has 0 amide bonds. The molecule has 0 aliphatic carbocycles. The number of phenols is 1. The van der Waals surface area contributed by atoms with Gasteiger partial charge >= 0.3 is 5.97 Å². The number of aromatic hydroxyl groups is 1. The third-order valence-corrected chi connectivity index (χ3v) is 4.47. The van der Waals surface area contributed by atoms with Crippen LogP contribution in [0, 0.1) is 0 Å². The van der Waals surface area contributed by atoms with E-state index in [9.17, 15) is 15.0 Å². The Labute approximate surface area is 147 Å². The molecule has 1 aliphatic rings. The van der Waals surface area contributed by atoms with Gasteiger partial charge in [0.2, 0.25) is 0 Å². The number of hydrogen-bond donors (Lipinski definition) is 3. The van der Waals surface area contributed by atoms with E-state index in [1.54, 1.807) is 0 Å². The van der Waals surface area contributed by atoms with Gasteiger partial charge in [-0.3, -0.25) is 4.90 Å². The van der Waals surface area contributed by atoms with E-state index in [2.05, 4.69) is 39.4 Å². The number of carbonyl (C=O) groups is 1. The number of anilines is 2. The Morgan fingerprint density at radius 2 is 1.76 bits per heavy atom. The predicted octanol–water partition coefficient (Wildman–Crippen LogP) is 2.32. The number of aromatic carboxylic acids is 1. The van der Waals surface area contributed by atoms with Gasteiger partial charge in [0, 0.05) is 51.0 Å². The number of piperazine rings is 1. The van der Waals surface area contributed by atoms with Crippen molar-refractivity contribution >= 4 is 17.3 Å². The van der Waals surface area contributed by atoms with Crippen molar-refractivity contribution in [3.05, 3.63) is 54.1 Å². The highest BCUT2D eigenvalue weighted by atomic mass is 16.4. The van der Waals surface area contributed by atoms with Crippen molar-refractivity contribution in [2.24, 2.45) is 0 Å². The molecule has 3 rings (SSSR count). The fraction of sp³-hybridized carbons (Fsp3) is 0.316. The summed E-state index contributed by atoms with van der Waals surface area (Å²) in [4.78, 5) is 16.0. The summed E-state index contributed by atoms with van der Waals surface area (Å²) in [6.45, 7) is 5.38. The number of nitrogens with one attached hydrogen (secondary N) is 1. The quantitative estimate of drug-likeness (QED) is 0.749. The lowest BCUT2D eigenvalue weighted by atomic mass is 10.1. The van der Waals surface area contributed by atoms with Crippen molar-refractivity contribution in [1.82, 2.24) is 4.90 Å². The molecule has 1 saturated heterocycles. The number of nitrogens with zero attached hydrogens (tertiary/aromatic N) is 2. The fourth-order valence-corrected chi connectivity index (χ4v) is 3.08. The van der Waals surface area contributed by atoms with Crippen LogP contribution < -0.4 is 10.2 Å². The van der Waals surface area contributed by atoms with E-state index in [0.29, 0.717) is 12.2 Å². The van der Waals surface area contributed by atoms with Crippen LogP contribution in [0.2, 0.25) is 0 Å². The number of phenolic OH excluding ortho intramolecular Hbond substituents is 1. The van der Waals surface area contributed by atoms with Crippen molar-refractivity contribution in [2.45, 2.75) is 0 Å². The molecule has 6 nitrogen and oxygen atoms in total. The van der Waals surface area contributed by atoms with E-state index >= 15 is 0 Å². The number of hydrogen-bond acceptors (Lipinski definition) is 5. The third kappa shape index (κ3) is 4.42. The molecular formula is C19H23N3O3. The monoisotopic (exact) mass is 341 g/mol. The first kappa shape index (κ1) is 17.1. The van der Waals surface area contributed by atoms with Gasteiger partial charge in [0.1, 0.15) is 5.75 Å². The van der Waals surface area contributed by atoms with Crippen LogP contribution in [-0.4, -0.2) is 60.4 Å². The molecular weight excluding hydrogens is 318 g/mol. The lowest BCUT2D eigenvalue weighted by Gasteiger charge is -2.36. The summed E-state index contributed by atoms with van der Waals surface area (Å²) < 4.78 is 0. The predicted molar refractivity (Wildman–Crippen MR) is 98.7 cm³/mol. The molecule has 0 atom stereocenters. The Bertz CT molecular complexity index is 713. The van der Waals surface area contributed by atoms with Crippen LogP contribution >= 0.6 is 0 Å². The van der Waals surface area contributed by atoms with Crippen LogP contribution in [0.15, 0.2) is 48.5 Å². The largest absolute Gasteiger partial charge is 0.508 e. The molecule has 132 valence electrons. The molecule has 0 spiro atoms. The first-order valence-corrected chi connectivity index (χ1v) is 8.46. The molecule has 0 radical (unpaired) electrons. The fourth-order valence-electron chi connectivity index (χ4n) is 3.08. The molecule has 3 N–H and O–H groups in total. The topological polar surface area (TPSA) is 76.0 Å². The summed E-state index contributed by atoms with van der Waals surface area (Å²) in [5, 5.41) is 21.9. The smallest absolute Gasteiger partial charge is 0.337 e. The molecule has 1 heterocycles. The van der Waals surface area contributed by atoms with Crippen molar-refractivity contribution in [1.29, 1.82) is 0 Å². The highest BCUT2D eigenvalue weighted by Gasteiger charge is 2.17. The molecule has 1 aliphatic heterocycles. The Morgan fingerprint density at radius 3 is 2.44 bits per heavy atom. The summed E-state index contributed by atoms with van der Waals surface area (Å²) in [5.41, 5.74) is 1.88. The van der Waals surface area contributed by atoms with E-state index in [1.165, 1.54) is 23.9 Å². The Hall–Kier alpha value is -2.73. The van der Waals surface area contributed by atoms with Crippen LogP contribution in [0.5, 0.6) is 5.75 Å². The first-order chi connectivity index (χ1) is 12.1. The molecule has 1 fully saturated rings. The number of carboxylic acid groups (broad SMARTS) is 1. The number of para-hydroxylation sites is 1. The minimum atomic E-state index is -1.00. The maximum absolute atomic E-state index is 11.2. The molecule has 6 heteroatoms. The van der Waals surface area contributed by atoms with Crippen LogP contribution in [0.4, 0.5) is 11.4 Å². The van der Waals surface area contributed by atoms with Gasteiger partial charge in [0.05, 0.1) is 11.3 Å². The van der Waals surface area contributed by atoms with Gasteiger partial charge in [-0.05, 0) is 24.3 Å². The second kappa shape index (κ2) is 7.90. The van der Waals surface area contributed by atoms with Crippen molar-refractivity contribution in [2.75, 3.05) is 49.5 Å². The van der Waals surface area contributed by atoms with Gasteiger partial charge in [-0.1, -0.05) is 18.2 Å². The zero-order valence-corrected chi connectivity index (χ0v) is 14.1.